The maximum Gasteiger partial charge on any atom is 0.173 e. The maximum absolute atomic E-state index is 11.6. The fourth-order valence-electron chi connectivity index (χ4n) is 5.35. The van der Waals surface area contributed by atoms with Crippen molar-refractivity contribution in [3.05, 3.63) is 59.5 Å². The van der Waals surface area contributed by atoms with Crippen LogP contribution in [-0.2, 0) is 4.74 Å². The van der Waals surface area contributed by atoms with Crippen molar-refractivity contribution in [3.8, 4) is 17.1 Å². The molecule has 0 radical (unpaired) electrons. The molecule has 2 aromatic rings. The lowest BCUT2D eigenvalue weighted by molar-refractivity contribution is -0.0181. The van der Waals surface area contributed by atoms with Crippen LogP contribution in [0.1, 0.15) is 56.0 Å². The summed E-state index contributed by atoms with van der Waals surface area (Å²) in [5.74, 6) is 1.57. The minimum Gasteiger partial charge on any atom is -0.508 e. The van der Waals surface area contributed by atoms with E-state index < -0.39 is 6.10 Å². The quantitative estimate of drug-likeness (QED) is 0.597. The number of aromatic hydroxyl groups is 1. The number of allylic oxidation sites excluding steroid dienone is 2. The molecule has 182 valence electrons. The van der Waals surface area contributed by atoms with Gasteiger partial charge in [-0.25, -0.2) is 0 Å². The molecule has 0 amide bonds. The van der Waals surface area contributed by atoms with Gasteiger partial charge in [-0.05, 0) is 82.2 Å². The van der Waals surface area contributed by atoms with E-state index in [1.54, 1.807) is 24.3 Å². The third kappa shape index (κ3) is 4.65. The van der Waals surface area contributed by atoms with Crippen LogP contribution in [0.4, 0.5) is 0 Å². The van der Waals surface area contributed by atoms with Crippen LogP contribution in [0, 0.1) is 5.92 Å². The summed E-state index contributed by atoms with van der Waals surface area (Å²) in [5, 5.41) is 25.7. The first-order valence-electron chi connectivity index (χ1n) is 12.5. The van der Waals surface area contributed by atoms with E-state index in [1.165, 1.54) is 6.42 Å². The second kappa shape index (κ2) is 9.94. The van der Waals surface area contributed by atoms with Gasteiger partial charge in [0.05, 0.1) is 17.7 Å². The summed E-state index contributed by atoms with van der Waals surface area (Å²) >= 11 is 0. The van der Waals surface area contributed by atoms with E-state index in [1.807, 2.05) is 6.08 Å². The van der Waals surface area contributed by atoms with Gasteiger partial charge < -0.3 is 19.5 Å². The van der Waals surface area contributed by atoms with Crippen LogP contribution in [0.15, 0.2) is 52.8 Å². The van der Waals surface area contributed by atoms with Gasteiger partial charge in [0.1, 0.15) is 23.3 Å². The molecule has 2 saturated heterocycles. The number of benzene rings is 1. The minimum absolute atomic E-state index is 0.0916. The zero-order valence-electron chi connectivity index (χ0n) is 20.1. The zero-order valence-corrected chi connectivity index (χ0v) is 20.1. The number of aliphatic hydroxyl groups is 1. The molecule has 1 aromatic heterocycles. The fraction of sp³-hybridized carbons (Fsp3) is 0.519. The number of rotatable bonds is 8. The van der Waals surface area contributed by atoms with Gasteiger partial charge in [0.15, 0.2) is 5.76 Å². The Labute approximate surface area is 201 Å². The molecule has 3 aliphatic rings. The molecule has 2 N–H and O–H groups in total. The lowest BCUT2D eigenvalue weighted by Gasteiger charge is -2.39. The summed E-state index contributed by atoms with van der Waals surface area (Å²) in [5.41, 5.74) is 2.37. The molecule has 1 aliphatic carbocycles. The fourth-order valence-corrected chi connectivity index (χ4v) is 5.35. The molecule has 2 aliphatic heterocycles. The normalized spacial score (nSPS) is 24.7. The first-order chi connectivity index (χ1) is 16.5. The smallest absolute Gasteiger partial charge is 0.173 e. The van der Waals surface area contributed by atoms with E-state index in [0.717, 1.165) is 61.6 Å². The number of hydrogen-bond acceptors (Lipinski definition) is 7. The number of hydrogen-bond donors (Lipinski definition) is 2. The Balaban J connectivity index is 1.34. The number of aromatic nitrogens is 1. The summed E-state index contributed by atoms with van der Waals surface area (Å²) in [6, 6.07) is 6.99. The molecule has 0 saturated carbocycles. The molecule has 2 fully saturated rings. The van der Waals surface area contributed by atoms with Crippen molar-refractivity contribution < 1.29 is 19.5 Å². The number of ether oxygens (including phenoxy) is 1. The molecular weight excluding hydrogens is 430 g/mol. The Hall–Kier alpha value is -2.61. The number of aliphatic hydroxyl groups excluding tert-OH is 1. The second-order valence-electron chi connectivity index (χ2n) is 9.81. The van der Waals surface area contributed by atoms with Crippen LogP contribution in [0.5, 0.6) is 5.75 Å². The Morgan fingerprint density at radius 1 is 1.24 bits per heavy atom. The Kier molecular flexibility index (Phi) is 6.77. The average molecular weight is 466 g/mol. The van der Waals surface area contributed by atoms with Crippen molar-refractivity contribution in [1.82, 2.24) is 15.0 Å². The topological polar surface area (TPSA) is 82.2 Å². The molecule has 7 heteroatoms. The predicted molar refractivity (Wildman–Crippen MR) is 130 cm³/mol. The monoisotopic (exact) mass is 465 g/mol. The lowest BCUT2D eigenvalue weighted by atomic mass is 9.86. The number of phenolic OH excluding ortho intramolecular Hbond substituents is 1. The number of likely N-dealkylation sites (tertiary alicyclic amines) is 2. The van der Waals surface area contributed by atoms with E-state index in [9.17, 15) is 10.2 Å². The van der Waals surface area contributed by atoms with Crippen molar-refractivity contribution in [3.63, 3.8) is 0 Å². The highest BCUT2D eigenvalue weighted by Gasteiger charge is 2.36. The Morgan fingerprint density at radius 2 is 2.03 bits per heavy atom. The highest BCUT2D eigenvalue weighted by Crippen LogP contribution is 2.43. The first-order valence-corrected chi connectivity index (χ1v) is 12.5. The van der Waals surface area contributed by atoms with Gasteiger partial charge in [0, 0.05) is 24.6 Å². The highest BCUT2D eigenvalue weighted by molar-refractivity contribution is 5.64. The van der Waals surface area contributed by atoms with Crippen LogP contribution < -0.4 is 0 Å². The van der Waals surface area contributed by atoms with Crippen LogP contribution in [-0.4, -0.2) is 64.5 Å². The van der Waals surface area contributed by atoms with Gasteiger partial charge in [-0.15, -0.1) is 0 Å². The van der Waals surface area contributed by atoms with Crippen LogP contribution in [0.3, 0.4) is 0 Å². The van der Waals surface area contributed by atoms with Crippen molar-refractivity contribution in [1.29, 1.82) is 0 Å². The summed E-state index contributed by atoms with van der Waals surface area (Å²) < 4.78 is 12.0. The largest absolute Gasteiger partial charge is 0.508 e. The van der Waals surface area contributed by atoms with E-state index in [2.05, 4.69) is 41.1 Å². The minimum atomic E-state index is -0.753. The van der Waals surface area contributed by atoms with Gasteiger partial charge >= 0.3 is 0 Å². The summed E-state index contributed by atoms with van der Waals surface area (Å²) in [6.07, 6.45) is 9.60. The average Bonchev–Trinajstić information content (AvgIpc) is 3.44. The van der Waals surface area contributed by atoms with Gasteiger partial charge in [-0.1, -0.05) is 18.2 Å². The van der Waals surface area contributed by atoms with E-state index in [0.29, 0.717) is 12.2 Å². The van der Waals surface area contributed by atoms with Crippen LogP contribution in [0.2, 0.25) is 0 Å². The lowest BCUT2D eigenvalue weighted by Crippen LogP contribution is -2.52. The van der Waals surface area contributed by atoms with Gasteiger partial charge in [0.2, 0.25) is 0 Å². The van der Waals surface area contributed by atoms with Crippen molar-refractivity contribution >= 4 is 0 Å². The van der Waals surface area contributed by atoms with Crippen molar-refractivity contribution in [2.24, 2.45) is 5.92 Å². The standard InChI is InChI=1S/C27H35N3O4/c1-3-14-30-16-22(17-30)33-21-12-8-18(9-13-21)26(32)24-25(23-5-4-15-29(23)2)28-34-27(24)19-6-10-20(31)11-7-19/h6-8,10-13,18,22-23,26,31-32H,3-5,9,14-17H2,1-2H3/t18?,23-,26-/m0/s1. The molecule has 0 spiro atoms. The summed E-state index contributed by atoms with van der Waals surface area (Å²) in [7, 11) is 2.09. The van der Waals surface area contributed by atoms with Crippen molar-refractivity contribution in [2.75, 3.05) is 33.2 Å². The molecular formula is C27H35N3O4. The maximum atomic E-state index is 11.6. The number of phenols is 1. The first kappa shape index (κ1) is 23.1. The van der Waals surface area contributed by atoms with Gasteiger partial charge in [-0.3, -0.25) is 9.80 Å². The summed E-state index contributed by atoms with van der Waals surface area (Å²) in [6.45, 7) is 6.31. The molecule has 3 atom stereocenters. The van der Waals surface area contributed by atoms with Crippen molar-refractivity contribution in [2.45, 2.75) is 50.9 Å². The molecule has 34 heavy (non-hydrogen) atoms. The highest BCUT2D eigenvalue weighted by atomic mass is 16.5. The molecule has 0 bridgehead atoms. The molecule has 1 unspecified atom stereocenters. The third-order valence-corrected chi connectivity index (χ3v) is 7.29. The second-order valence-corrected chi connectivity index (χ2v) is 9.81. The van der Waals surface area contributed by atoms with E-state index in [-0.39, 0.29) is 23.8 Å². The van der Waals surface area contributed by atoms with E-state index >= 15 is 0 Å². The molecule has 1 aromatic carbocycles. The molecule has 5 rings (SSSR count). The molecule has 7 nitrogen and oxygen atoms in total. The van der Waals surface area contributed by atoms with Gasteiger partial charge in [0.25, 0.3) is 0 Å². The SMILES string of the molecule is CCCN1CC(OC2=CCC([C@H](O)c3c([C@@H]4CCCN4C)noc3-c3ccc(O)cc3)C=C2)C1. The molecule has 3 heterocycles. The number of nitrogens with zero attached hydrogens (tertiary/aromatic N) is 3. The zero-order chi connectivity index (χ0) is 23.7. The van der Waals surface area contributed by atoms with Crippen LogP contribution in [0.25, 0.3) is 11.3 Å². The Bertz CT molecular complexity index is 1040. The third-order valence-electron chi connectivity index (χ3n) is 7.29. The summed E-state index contributed by atoms with van der Waals surface area (Å²) in [4.78, 5) is 4.68. The predicted octanol–water partition coefficient (Wildman–Crippen LogP) is 4.42. The van der Waals surface area contributed by atoms with Crippen LogP contribution >= 0.6 is 0 Å². The van der Waals surface area contributed by atoms with Gasteiger partial charge in [-0.2, -0.15) is 0 Å². The van der Waals surface area contributed by atoms with E-state index in [4.69, 9.17) is 9.26 Å². The Morgan fingerprint density at radius 3 is 2.68 bits per heavy atom.